The van der Waals surface area contributed by atoms with E-state index in [0.717, 1.165) is 44.2 Å². The van der Waals surface area contributed by atoms with E-state index in [2.05, 4.69) is 25.6 Å². The van der Waals surface area contributed by atoms with Gasteiger partial charge in [0.25, 0.3) is 0 Å². The Morgan fingerprint density at radius 1 is 1.27 bits per heavy atom. The molecule has 0 atom stereocenters. The number of piperazine rings is 1. The second kappa shape index (κ2) is 7.90. The van der Waals surface area contributed by atoms with Crippen LogP contribution < -0.4 is 10.6 Å². The van der Waals surface area contributed by atoms with Crippen molar-refractivity contribution in [3.63, 3.8) is 0 Å². The van der Waals surface area contributed by atoms with Crippen molar-refractivity contribution in [2.45, 2.75) is 19.9 Å². The molecule has 0 radical (unpaired) electrons. The quantitative estimate of drug-likeness (QED) is 0.792. The van der Waals surface area contributed by atoms with Gasteiger partial charge in [-0.15, -0.1) is 0 Å². The van der Waals surface area contributed by atoms with E-state index >= 15 is 0 Å². The highest BCUT2D eigenvalue weighted by Crippen LogP contribution is 2.09. The van der Waals surface area contributed by atoms with Gasteiger partial charge in [0.1, 0.15) is 0 Å². The fraction of sp³-hybridized carbons (Fsp3) is 0.643. The van der Waals surface area contributed by atoms with Crippen LogP contribution >= 0.6 is 0 Å². The summed E-state index contributed by atoms with van der Waals surface area (Å²) in [5.41, 5.74) is 0.899. The number of nitrogens with zero attached hydrogens (tertiary/aromatic N) is 3. The third-order valence-corrected chi connectivity index (χ3v) is 3.66. The monoisotopic (exact) mass is 309 g/mol. The zero-order valence-electron chi connectivity index (χ0n) is 13.1. The summed E-state index contributed by atoms with van der Waals surface area (Å²) >= 11 is 0. The number of amides is 3. The molecule has 0 aliphatic carbocycles. The number of aryl methyl sites for hydroxylation is 1. The number of carbonyl (C=O) groups is 2. The lowest BCUT2D eigenvalue weighted by molar-refractivity contribution is -0.120. The molecule has 0 bridgehead atoms. The molecule has 1 aliphatic heterocycles. The highest BCUT2D eigenvalue weighted by atomic mass is 16.5. The molecule has 0 spiro atoms. The lowest BCUT2D eigenvalue weighted by atomic mass is 10.2. The topological polar surface area (TPSA) is 90.7 Å². The smallest absolute Gasteiger partial charge is 0.321 e. The predicted molar refractivity (Wildman–Crippen MR) is 80.2 cm³/mol. The molecule has 22 heavy (non-hydrogen) atoms. The van der Waals surface area contributed by atoms with Crippen LogP contribution in [0.3, 0.4) is 0 Å². The molecule has 2 heterocycles. The van der Waals surface area contributed by atoms with Crippen LogP contribution in [-0.4, -0.2) is 66.7 Å². The summed E-state index contributed by atoms with van der Waals surface area (Å²) in [6, 6.07) is 1.49. The Hall–Kier alpha value is -1.93. The Labute approximate surface area is 129 Å². The number of rotatable bonds is 5. The van der Waals surface area contributed by atoms with Crippen molar-refractivity contribution < 1.29 is 14.1 Å². The Morgan fingerprint density at radius 2 is 1.95 bits per heavy atom. The van der Waals surface area contributed by atoms with Crippen molar-refractivity contribution in [1.82, 2.24) is 25.6 Å². The van der Waals surface area contributed by atoms with Crippen molar-refractivity contribution in [1.29, 1.82) is 0 Å². The summed E-state index contributed by atoms with van der Waals surface area (Å²) in [7, 11) is 1.48. The molecule has 8 nitrogen and oxygen atoms in total. The second-order valence-electron chi connectivity index (χ2n) is 5.43. The molecular weight excluding hydrogens is 286 g/mol. The van der Waals surface area contributed by atoms with E-state index in [1.165, 1.54) is 7.05 Å². The molecule has 2 rings (SSSR count). The molecule has 2 N–H and O–H groups in total. The Bertz CT molecular complexity index is 508. The number of hydrogen-bond donors (Lipinski definition) is 2. The third-order valence-electron chi connectivity index (χ3n) is 3.66. The summed E-state index contributed by atoms with van der Waals surface area (Å²) in [6.07, 6.45) is 0.328. The van der Waals surface area contributed by atoms with E-state index in [-0.39, 0.29) is 5.91 Å². The molecule has 1 aliphatic rings. The SMILES string of the molecule is CNC(=O)NC(=O)CCN1CCN(Cc2cc(C)no2)CC1. The lowest BCUT2D eigenvalue weighted by Crippen LogP contribution is -2.47. The fourth-order valence-corrected chi connectivity index (χ4v) is 2.39. The Morgan fingerprint density at radius 3 is 2.55 bits per heavy atom. The van der Waals surface area contributed by atoms with Gasteiger partial charge in [-0.2, -0.15) is 0 Å². The zero-order valence-corrected chi connectivity index (χ0v) is 13.1. The maximum atomic E-state index is 11.5. The molecule has 122 valence electrons. The summed E-state index contributed by atoms with van der Waals surface area (Å²) in [6.45, 7) is 7.01. The van der Waals surface area contributed by atoms with E-state index in [9.17, 15) is 9.59 Å². The van der Waals surface area contributed by atoms with Crippen LogP contribution in [0.4, 0.5) is 4.79 Å². The first kappa shape index (κ1) is 16.4. The van der Waals surface area contributed by atoms with Gasteiger partial charge < -0.3 is 14.7 Å². The van der Waals surface area contributed by atoms with Gasteiger partial charge in [0.2, 0.25) is 5.91 Å². The summed E-state index contributed by atoms with van der Waals surface area (Å²) < 4.78 is 5.22. The molecule has 1 aromatic heterocycles. The molecule has 0 saturated carbocycles. The van der Waals surface area contributed by atoms with E-state index in [4.69, 9.17) is 4.52 Å². The third kappa shape index (κ3) is 5.12. The highest BCUT2D eigenvalue weighted by Gasteiger charge is 2.19. The van der Waals surface area contributed by atoms with Crippen LogP contribution in [0.1, 0.15) is 17.9 Å². The molecule has 1 fully saturated rings. The van der Waals surface area contributed by atoms with Gasteiger partial charge in [-0.1, -0.05) is 5.16 Å². The summed E-state index contributed by atoms with van der Waals surface area (Å²) in [5.74, 6) is 0.634. The summed E-state index contributed by atoms with van der Waals surface area (Å²) in [4.78, 5) is 27.1. The average molecular weight is 309 g/mol. The van der Waals surface area contributed by atoms with Crippen LogP contribution in [0, 0.1) is 6.92 Å². The Kier molecular flexibility index (Phi) is 5.91. The summed E-state index contributed by atoms with van der Waals surface area (Å²) in [5, 5.41) is 8.51. The number of imide groups is 1. The first-order valence-electron chi connectivity index (χ1n) is 7.45. The molecule has 8 heteroatoms. The number of urea groups is 1. The zero-order chi connectivity index (χ0) is 15.9. The molecule has 0 unspecified atom stereocenters. The van der Waals surface area contributed by atoms with Gasteiger partial charge in [-0.3, -0.25) is 15.0 Å². The molecule has 0 aromatic carbocycles. The van der Waals surface area contributed by atoms with E-state index < -0.39 is 6.03 Å². The number of hydrogen-bond acceptors (Lipinski definition) is 6. The second-order valence-corrected chi connectivity index (χ2v) is 5.43. The molecular formula is C14H23N5O3. The van der Waals surface area contributed by atoms with E-state index in [1.54, 1.807) is 0 Å². The maximum absolute atomic E-state index is 11.5. The maximum Gasteiger partial charge on any atom is 0.321 e. The minimum Gasteiger partial charge on any atom is -0.360 e. The van der Waals surface area contributed by atoms with Crippen LogP contribution in [0.15, 0.2) is 10.6 Å². The van der Waals surface area contributed by atoms with Crippen LogP contribution in [0.5, 0.6) is 0 Å². The van der Waals surface area contributed by atoms with Crippen molar-refractivity contribution in [2.75, 3.05) is 39.8 Å². The minimum absolute atomic E-state index is 0.251. The van der Waals surface area contributed by atoms with Gasteiger partial charge in [-0.05, 0) is 6.92 Å². The van der Waals surface area contributed by atoms with Gasteiger partial charge in [0.15, 0.2) is 5.76 Å². The van der Waals surface area contributed by atoms with Crippen molar-refractivity contribution in [3.05, 3.63) is 17.5 Å². The van der Waals surface area contributed by atoms with Crippen molar-refractivity contribution >= 4 is 11.9 Å². The first-order valence-corrected chi connectivity index (χ1v) is 7.45. The number of carbonyl (C=O) groups excluding carboxylic acids is 2. The van der Waals surface area contributed by atoms with Crippen LogP contribution in [-0.2, 0) is 11.3 Å². The van der Waals surface area contributed by atoms with Gasteiger partial charge in [0, 0.05) is 52.3 Å². The van der Waals surface area contributed by atoms with Gasteiger partial charge >= 0.3 is 6.03 Å². The molecule has 3 amide bonds. The highest BCUT2D eigenvalue weighted by molar-refractivity contribution is 5.94. The van der Waals surface area contributed by atoms with E-state index in [1.807, 2.05) is 13.0 Å². The standard InChI is InChI=1S/C14H23N5O3/c1-11-9-12(22-17-11)10-19-7-5-18(6-8-19)4-3-13(20)16-14(21)15-2/h9H,3-8,10H2,1-2H3,(H2,15,16,20,21). The Balaban J connectivity index is 1.64. The average Bonchev–Trinajstić information content (AvgIpc) is 2.91. The normalized spacial score (nSPS) is 16.5. The largest absolute Gasteiger partial charge is 0.360 e. The fourth-order valence-electron chi connectivity index (χ4n) is 2.39. The van der Waals surface area contributed by atoms with E-state index in [0.29, 0.717) is 13.0 Å². The van der Waals surface area contributed by atoms with Crippen molar-refractivity contribution in [2.24, 2.45) is 0 Å². The van der Waals surface area contributed by atoms with Crippen LogP contribution in [0.2, 0.25) is 0 Å². The van der Waals surface area contributed by atoms with Gasteiger partial charge in [-0.25, -0.2) is 4.79 Å². The van der Waals surface area contributed by atoms with Crippen LogP contribution in [0.25, 0.3) is 0 Å². The first-order chi connectivity index (χ1) is 10.6. The molecule has 1 saturated heterocycles. The predicted octanol–water partition coefficient (Wildman–Crippen LogP) is -0.0537. The minimum atomic E-state index is -0.461. The lowest BCUT2D eigenvalue weighted by Gasteiger charge is -2.33. The molecule has 1 aromatic rings. The number of aromatic nitrogens is 1. The number of nitrogens with one attached hydrogen (secondary N) is 2. The van der Waals surface area contributed by atoms with Gasteiger partial charge in [0.05, 0.1) is 12.2 Å². The van der Waals surface area contributed by atoms with Crippen molar-refractivity contribution in [3.8, 4) is 0 Å².